The molecule has 0 aromatic carbocycles. The normalized spacial score (nSPS) is 22.0. The summed E-state index contributed by atoms with van der Waals surface area (Å²) in [6, 6.07) is 0. The van der Waals surface area contributed by atoms with Crippen molar-refractivity contribution in [3.8, 4) is 0 Å². The highest BCUT2D eigenvalue weighted by molar-refractivity contribution is 14.0. The molecule has 1 saturated carbocycles. The molecule has 0 radical (unpaired) electrons. The maximum atomic E-state index is 11.9. The van der Waals surface area contributed by atoms with E-state index in [4.69, 9.17) is 0 Å². The average Bonchev–Trinajstić information content (AvgIpc) is 2.73. The van der Waals surface area contributed by atoms with Gasteiger partial charge in [-0.05, 0) is 33.6 Å². The molecular formula is C15H31IN4O2. The molecule has 2 atom stereocenters. The highest BCUT2D eigenvalue weighted by Crippen LogP contribution is 2.24. The lowest BCUT2D eigenvalue weighted by Gasteiger charge is -2.26. The first-order valence-corrected chi connectivity index (χ1v) is 7.64. The van der Waals surface area contributed by atoms with Crippen LogP contribution in [0.25, 0.3) is 0 Å². The van der Waals surface area contributed by atoms with Gasteiger partial charge in [-0.1, -0.05) is 6.42 Å². The number of aliphatic imine (C=N–C) groups is 1. The van der Waals surface area contributed by atoms with Crippen LogP contribution in [0.3, 0.4) is 0 Å². The first kappa shape index (κ1) is 21.4. The molecule has 0 spiro atoms. The minimum atomic E-state index is -0.233. The molecule has 0 aromatic rings. The fraction of sp³-hybridized carbons (Fsp3) is 0.867. The van der Waals surface area contributed by atoms with Gasteiger partial charge in [0.2, 0.25) is 5.91 Å². The lowest BCUT2D eigenvalue weighted by Crippen LogP contribution is -2.49. The number of carbonyl (C=O) groups excluding carboxylic acids is 1. The Morgan fingerprint density at radius 1 is 1.36 bits per heavy atom. The van der Waals surface area contributed by atoms with Gasteiger partial charge in [-0.25, -0.2) is 0 Å². The van der Waals surface area contributed by atoms with Crippen molar-refractivity contribution < 1.29 is 9.90 Å². The number of aliphatic hydroxyl groups is 1. The third-order valence-corrected chi connectivity index (χ3v) is 3.61. The topological polar surface area (TPSA) is 77.0 Å². The quantitative estimate of drug-likeness (QED) is 0.359. The Bertz CT molecular complexity index is 382. The second-order valence-corrected chi connectivity index (χ2v) is 6.84. The lowest BCUT2D eigenvalue weighted by molar-refractivity contribution is -0.122. The number of nitrogens with zero attached hydrogens (tertiary/aromatic N) is 2. The minimum Gasteiger partial charge on any atom is -0.393 e. The molecule has 0 aliphatic heterocycles. The molecule has 3 N–H and O–H groups in total. The van der Waals surface area contributed by atoms with Crippen LogP contribution < -0.4 is 10.6 Å². The molecule has 22 heavy (non-hydrogen) atoms. The number of hydrogen-bond acceptors (Lipinski definition) is 3. The van der Waals surface area contributed by atoms with Crippen molar-refractivity contribution >= 4 is 35.8 Å². The third kappa shape index (κ3) is 7.62. The largest absolute Gasteiger partial charge is 0.393 e. The summed E-state index contributed by atoms with van der Waals surface area (Å²) in [4.78, 5) is 17.9. The Balaban J connectivity index is 0.00000441. The van der Waals surface area contributed by atoms with E-state index in [0.717, 1.165) is 19.3 Å². The standard InChI is InChI=1S/C15H30N4O2.HI/c1-15(2,3)18-13(21)10-19(5)14(16-4)17-9-11-7-6-8-12(11)20;/h11-12,20H,6-10H2,1-5H3,(H,16,17)(H,18,21);1H. The Kier molecular flexibility index (Phi) is 9.30. The van der Waals surface area contributed by atoms with Gasteiger partial charge in [0.25, 0.3) is 0 Å². The Morgan fingerprint density at radius 2 is 2.00 bits per heavy atom. The zero-order valence-corrected chi connectivity index (χ0v) is 16.7. The molecule has 130 valence electrons. The zero-order valence-electron chi connectivity index (χ0n) is 14.3. The predicted octanol–water partition coefficient (Wildman–Crippen LogP) is 1.19. The number of hydrogen-bond donors (Lipinski definition) is 3. The maximum Gasteiger partial charge on any atom is 0.240 e. The molecule has 6 nitrogen and oxygen atoms in total. The molecule has 7 heteroatoms. The summed E-state index contributed by atoms with van der Waals surface area (Å²) in [6.45, 7) is 6.82. The van der Waals surface area contributed by atoms with Gasteiger partial charge in [-0.3, -0.25) is 9.79 Å². The first-order chi connectivity index (χ1) is 9.73. The number of nitrogens with one attached hydrogen (secondary N) is 2. The van der Waals surface area contributed by atoms with E-state index in [2.05, 4.69) is 15.6 Å². The summed E-state index contributed by atoms with van der Waals surface area (Å²) in [5, 5.41) is 16.0. The fourth-order valence-electron chi connectivity index (χ4n) is 2.61. The average molecular weight is 426 g/mol. The van der Waals surface area contributed by atoms with Gasteiger partial charge < -0.3 is 20.6 Å². The van der Waals surface area contributed by atoms with E-state index >= 15 is 0 Å². The monoisotopic (exact) mass is 426 g/mol. The molecule has 0 aromatic heterocycles. The summed E-state index contributed by atoms with van der Waals surface area (Å²) in [6.07, 6.45) is 2.79. The SMILES string of the molecule is CN=C(NCC1CCCC1O)N(C)CC(=O)NC(C)(C)C.I. The molecular weight excluding hydrogens is 395 g/mol. The van der Waals surface area contributed by atoms with Crippen LogP contribution in [0.15, 0.2) is 4.99 Å². The maximum absolute atomic E-state index is 11.9. The van der Waals surface area contributed by atoms with Crippen molar-refractivity contribution in [2.75, 3.05) is 27.2 Å². The van der Waals surface area contributed by atoms with E-state index < -0.39 is 0 Å². The second-order valence-electron chi connectivity index (χ2n) is 6.84. The Morgan fingerprint density at radius 3 is 2.45 bits per heavy atom. The van der Waals surface area contributed by atoms with E-state index in [1.54, 1.807) is 11.9 Å². The van der Waals surface area contributed by atoms with Gasteiger partial charge in [0.15, 0.2) is 5.96 Å². The van der Waals surface area contributed by atoms with Crippen molar-refractivity contribution in [1.29, 1.82) is 0 Å². The number of amides is 1. The number of likely N-dealkylation sites (N-methyl/N-ethyl adjacent to an activating group) is 1. The first-order valence-electron chi connectivity index (χ1n) is 7.64. The van der Waals surface area contributed by atoms with E-state index in [0.29, 0.717) is 12.5 Å². The predicted molar refractivity (Wildman–Crippen MR) is 101 cm³/mol. The molecule has 2 unspecified atom stereocenters. The summed E-state index contributed by atoms with van der Waals surface area (Å²) >= 11 is 0. The second kappa shape index (κ2) is 9.54. The Labute approximate surface area is 151 Å². The van der Waals surface area contributed by atoms with Crippen molar-refractivity contribution in [3.63, 3.8) is 0 Å². The Hall–Kier alpha value is -0.570. The van der Waals surface area contributed by atoms with Crippen LogP contribution in [0, 0.1) is 5.92 Å². The number of guanidine groups is 1. The minimum absolute atomic E-state index is 0. The van der Waals surface area contributed by atoms with Gasteiger partial charge in [-0.2, -0.15) is 0 Å². The molecule has 1 fully saturated rings. The number of aliphatic hydroxyl groups excluding tert-OH is 1. The van der Waals surface area contributed by atoms with Gasteiger partial charge in [0.1, 0.15) is 0 Å². The highest BCUT2D eigenvalue weighted by Gasteiger charge is 2.25. The number of halogens is 1. The van der Waals surface area contributed by atoms with Crippen LogP contribution in [-0.4, -0.2) is 60.7 Å². The van der Waals surface area contributed by atoms with Gasteiger partial charge in [0.05, 0.1) is 12.6 Å². The molecule has 1 aliphatic rings. The van der Waals surface area contributed by atoms with E-state index in [9.17, 15) is 9.90 Å². The van der Waals surface area contributed by atoms with Crippen LogP contribution in [0.1, 0.15) is 40.0 Å². The summed E-state index contributed by atoms with van der Waals surface area (Å²) < 4.78 is 0. The molecule has 1 aliphatic carbocycles. The van der Waals surface area contributed by atoms with Crippen molar-refractivity contribution in [1.82, 2.24) is 15.5 Å². The van der Waals surface area contributed by atoms with Crippen molar-refractivity contribution in [2.24, 2.45) is 10.9 Å². The van der Waals surface area contributed by atoms with Crippen LogP contribution in [0.2, 0.25) is 0 Å². The molecule has 0 bridgehead atoms. The lowest BCUT2D eigenvalue weighted by atomic mass is 10.1. The van der Waals surface area contributed by atoms with Gasteiger partial charge in [0, 0.05) is 32.1 Å². The van der Waals surface area contributed by atoms with Crippen LogP contribution in [0.5, 0.6) is 0 Å². The summed E-state index contributed by atoms with van der Waals surface area (Å²) in [7, 11) is 3.54. The molecule has 1 rings (SSSR count). The summed E-state index contributed by atoms with van der Waals surface area (Å²) in [5.41, 5.74) is -0.233. The van der Waals surface area contributed by atoms with Gasteiger partial charge >= 0.3 is 0 Å². The fourth-order valence-corrected chi connectivity index (χ4v) is 2.61. The highest BCUT2D eigenvalue weighted by atomic mass is 127. The number of rotatable bonds is 4. The van der Waals surface area contributed by atoms with E-state index in [1.165, 1.54) is 0 Å². The number of carbonyl (C=O) groups is 1. The van der Waals surface area contributed by atoms with Crippen molar-refractivity contribution in [2.45, 2.75) is 51.7 Å². The van der Waals surface area contributed by atoms with Gasteiger partial charge in [-0.15, -0.1) is 24.0 Å². The molecule has 0 saturated heterocycles. The molecule has 1 amide bonds. The van der Waals surface area contributed by atoms with Crippen LogP contribution in [0.4, 0.5) is 0 Å². The summed E-state index contributed by atoms with van der Waals surface area (Å²) in [5.74, 6) is 0.922. The van der Waals surface area contributed by atoms with E-state index in [1.807, 2.05) is 27.8 Å². The van der Waals surface area contributed by atoms with Crippen LogP contribution >= 0.6 is 24.0 Å². The smallest absolute Gasteiger partial charge is 0.240 e. The van der Waals surface area contributed by atoms with Crippen molar-refractivity contribution in [3.05, 3.63) is 0 Å². The molecule has 0 heterocycles. The zero-order chi connectivity index (χ0) is 16.0. The third-order valence-electron chi connectivity index (χ3n) is 3.61. The van der Waals surface area contributed by atoms with Crippen LogP contribution in [-0.2, 0) is 4.79 Å². The van der Waals surface area contributed by atoms with E-state index in [-0.39, 0.29) is 54.0 Å².